The quantitative estimate of drug-likeness (QED) is 0.592. The third kappa shape index (κ3) is 1.20. The molecule has 0 aliphatic carbocycles. The third-order valence-corrected chi connectivity index (χ3v) is 1.95. The van der Waals surface area contributed by atoms with Gasteiger partial charge in [0.2, 0.25) is 0 Å². The molecular formula is C5H5ClNS. The molecule has 0 fully saturated rings. The Labute approximate surface area is 57.3 Å². The minimum atomic E-state index is 0.601. The maximum atomic E-state index is 5.52. The van der Waals surface area contributed by atoms with Crippen LogP contribution in [0.15, 0.2) is 6.20 Å². The van der Waals surface area contributed by atoms with Gasteiger partial charge < -0.3 is 0 Å². The molecule has 0 bridgehead atoms. The average molecular weight is 147 g/mol. The van der Waals surface area contributed by atoms with Gasteiger partial charge in [0, 0.05) is 11.1 Å². The Morgan fingerprint density at radius 2 is 2.62 bits per heavy atom. The number of rotatable bonds is 1. The normalized spacial score (nSPS) is 9.75. The second-order valence-electron chi connectivity index (χ2n) is 1.33. The van der Waals surface area contributed by atoms with Crippen molar-refractivity contribution in [2.24, 2.45) is 0 Å². The number of nitrogens with zero attached hydrogens (tertiary/aromatic N) is 1. The van der Waals surface area contributed by atoms with Crippen molar-refractivity contribution >= 4 is 22.9 Å². The van der Waals surface area contributed by atoms with Crippen molar-refractivity contribution < 1.29 is 0 Å². The van der Waals surface area contributed by atoms with Gasteiger partial charge in [0.15, 0.2) is 4.47 Å². The zero-order valence-electron chi connectivity index (χ0n) is 4.22. The minimum Gasteiger partial charge on any atom is -0.233 e. The predicted octanol–water partition coefficient (Wildman–Crippen LogP) is 2.17. The van der Waals surface area contributed by atoms with Crippen LogP contribution in [-0.4, -0.2) is 4.98 Å². The summed E-state index contributed by atoms with van der Waals surface area (Å²) in [5, 5.41) is 0. The topological polar surface area (TPSA) is 12.9 Å². The molecule has 1 aromatic rings. The van der Waals surface area contributed by atoms with Crippen molar-refractivity contribution in [1.29, 1.82) is 0 Å². The van der Waals surface area contributed by atoms with Crippen LogP contribution in [0.1, 0.15) is 4.88 Å². The second kappa shape index (κ2) is 2.46. The first-order chi connectivity index (χ1) is 3.83. The Bertz CT molecular complexity index is 173. The van der Waals surface area contributed by atoms with E-state index in [0.717, 1.165) is 11.3 Å². The smallest absolute Gasteiger partial charge is 0.183 e. The first kappa shape index (κ1) is 6.05. The summed E-state index contributed by atoms with van der Waals surface area (Å²) in [6.07, 6.45) is 2.53. The first-order valence-electron chi connectivity index (χ1n) is 2.22. The summed E-state index contributed by atoms with van der Waals surface area (Å²) in [4.78, 5) is 4.97. The van der Waals surface area contributed by atoms with E-state index in [1.807, 2.05) is 0 Å². The highest BCUT2D eigenvalue weighted by Crippen LogP contribution is 2.17. The van der Waals surface area contributed by atoms with Crippen LogP contribution >= 0.6 is 22.9 Å². The molecule has 0 aromatic carbocycles. The molecule has 1 aromatic heterocycles. The van der Waals surface area contributed by atoms with E-state index in [4.69, 9.17) is 11.6 Å². The van der Waals surface area contributed by atoms with Gasteiger partial charge in [-0.25, -0.2) is 4.98 Å². The summed E-state index contributed by atoms with van der Waals surface area (Å²) in [6, 6.07) is 0. The van der Waals surface area contributed by atoms with Crippen LogP contribution in [-0.2, 0) is 6.42 Å². The Kier molecular flexibility index (Phi) is 1.86. The van der Waals surface area contributed by atoms with Crippen LogP contribution < -0.4 is 0 Å². The van der Waals surface area contributed by atoms with E-state index in [1.165, 1.54) is 11.3 Å². The molecule has 43 valence electrons. The van der Waals surface area contributed by atoms with E-state index in [-0.39, 0.29) is 0 Å². The van der Waals surface area contributed by atoms with Crippen molar-refractivity contribution in [3.63, 3.8) is 0 Å². The molecule has 1 heterocycles. The zero-order chi connectivity index (χ0) is 5.98. The highest BCUT2D eigenvalue weighted by atomic mass is 35.5. The molecule has 0 aliphatic rings. The maximum absolute atomic E-state index is 5.52. The van der Waals surface area contributed by atoms with E-state index in [0.29, 0.717) is 4.47 Å². The summed E-state index contributed by atoms with van der Waals surface area (Å²) in [5.41, 5.74) is 0. The highest BCUT2D eigenvalue weighted by Gasteiger charge is 1.93. The zero-order valence-corrected chi connectivity index (χ0v) is 5.80. The largest absolute Gasteiger partial charge is 0.233 e. The Morgan fingerprint density at radius 1 is 1.88 bits per heavy atom. The van der Waals surface area contributed by atoms with Crippen molar-refractivity contribution in [3.05, 3.63) is 22.5 Å². The van der Waals surface area contributed by atoms with Crippen LogP contribution in [0.4, 0.5) is 0 Å². The van der Waals surface area contributed by atoms with Gasteiger partial charge in [0.05, 0.1) is 0 Å². The highest BCUT2D eigenvalue weighted by molar-refractivity contribution is 7.15. The monoisotopic (exact) mass is 146 g/mol. The Morgan fingerprint density at radius 3 is 2.88 bits per heavy atom. The SMILES string of the molecule is [CH2]Cc1cnc(Cl)s1. The van der Waals surface area contributed by atoms with Crippen LogP contribution in [0.5, 0.6) is 0 Å². The second-order valence-corrected chi connectivity index (χ2v) is 3.03. The number of aromatic nitrogens is 1. The molecule has 0 saturated carbocycles. The van der Waals surface area contributed by atoms with Gasteiger partial charge in [-0.15, -0.1) is 11.3 Å². The lowest BCUT2D eigenvalue weighted by atomic mass is 10.4. The summed E-state index contributed by atoms with van der Waals surface area (Å²) < 4.78 is 0.601. The molecule has 0 atom stereocenters. The van der Waals surface area contributed by atoms with Crippen LogP contribution in [0.3, 0.4) is 0 Å². The molecule has 0 unspecified atom stereocenters. The van der Waals surface area contributed by atoms with Gasteiger partial charge >= 0.3 is 0 Å². The van der Waals surface area contributed by atoms with Crippen molar-refractivity contribution in [2.75, 3.05) is 0 Å². The lowest BCUT2D eigenvalue weighted by Crippen LogP contribution is -1.65. The van der Waals surface area contributed by atoms with E-state index < -0.39 is 0 Å². The fourth-order valence-corrected chi connectivity index (χ4v) is 1.27. The Balaban J connectivity index is 2.84. The van der Waals surface area contributed by atoms with E-state index in [2.05, 4.69) is 11.9 Å². The van der Waals surface area contributed by atoms with Gasteiger partial charge in [-0.05, 0) is 13.3 Å². The van der Waals surface area contributed by atoms with Crippen molar-refractivity contribution in [2.45, 2.75) is 6.42 Å². The molecular weight excluding hydrogens is 142 g/mol. The molecule has 8 heavy (non-hydrogen) atoms. The van der Waals surface area contributed by atoms with Crippen LogP contribution in [0.2, 0.25) is 4.47 Å². The van der Waals surface area contributed by atoms with Gasteiger partial charge in [0.25, 0.3) is 0 Å². The fraction of sp³-hybridized carbons (Fsp3) is 0.200. The van der Waals surface area contributed by atoms with E-state index in [9.17, 15) is 0 Å². The number of thiazole rings is 1. The summed E-state index contributed by atoms with van der Waals surface area (Å²) >= 11 is 7.00. The van der Waals surface area contributed by atoms with E-state index in [1.54, 1.807) is 6.20 Å². The molecule has 0 aliphatic heterocycles. The molecule has 1 radical (unpaired) electrons. The van der Waals surface area contributed by atoms with Crippen LogP contribution in [0, 0.1) is 6.92 Å². The molecule has 0 spiro atoms. The summed E-state index contributed by atoms with van der Waals surface area (Å²) in [7, 11) is 0. The lowest BCUT2D eigenvalue weighted by Gasteiger charge is -1.77. The predicted molar refractivity (Wildman–Crippen MR) is 36.2 cm³/mol. The fourth-order valence-electron chi connectivity index (χ4n) is 0.399. The minimum absolute atomic E-state index is 0.601. The van der Waals surface area contributed by atoms with Crippen molar-refractivity contribution in [3.8, 4) is 0 Å². The number of hydrogen-bond acceptors (Lipinski definition) is 2. The molecule has 1 rings (SSSR count). The summed E-state index contributed by atoms with van der Waals surface area (Å²) in [6.45, 7) is 3.68. The average Bonchev–Trinajstić information content (AvgIpc) is 2.14. The molecule has 0 amide bonds. The van der Waals surface area contributed by atoms with Crippen molar-refractivity contribution in [1.82, 2.24) is 4.98 Å². The number of hydrogen-bond donors (Lipinski definition) is 0. The molecule has 0 N–H and O–H groups in total. The van der Waals surface area contributed by atoms with Gasteiger partial charge in [0.1, 0.15) is 0 Å². The standard InChI is InChI=1S/C5H5ClNS/c1-2-4-3-7-5(6)8-4/h3H,1-2H2. The van der Waals surface area contributed by atoms with Gasteiger partial charge in [-0.1, -0.05) is 11.6 Å². The molecule has 0 saturated heterocycles. The van der Waals surface area contributed by atoms with E-state index >= 15 is 0 Å². The van der Waals surface area contributed by atoms with Crippen LogP contribution in [0.25, 0.3) is 0 Å². The van der Waals surface area contributed by atoms with Gasteiger partial charge in [-0.2, -0.15) is 0 Å². The van der Waals surface area contributed by atoms with Gasteiger partial charge in [-0.3, -0.25) is 0 Å². The Hall–Kier alpha value is -0.0800. The first-order valence-corrected chi connectivity index (χ1v) is 3.42. The molecule has 1 nitrogen and oxygen atoms in total. The maximum Gasteiger partial charge on any atom is 0.183 e. The lowest BCUT2D eigenvalue weighted by molar-refractivity contribution is 1.29. The molecule has 3 heteroatoms. The number of halogens is 1. The summed E-state index contributed by atoms with van der Waals surface area (Å²) in [5.74, 6) is 0. The third-order valence-electron chi connectivity index (χ3n) is 0.772.